The number of aromatic nitrogens is 2. The first-order chi connectivity index (χ1) is 11.3. The molecule has 0 radical (unpaired) electrons. The molecule has 0 fully saturated rings. The summed E-state index contributed by atoms with van der Waals surface area (Å²) < 4.78 is 19.4. The highest BCUT2D eigenvalue weighted by molar-refractivity contribution is 6.16. The van der Waals surface area contributed by atoms with Crippen molar-refractivity contribution < 1.29 is 9.13 Å². The summed E-state index contributed by atoms with van der Waals surface area (Å²) in [5.41, 5.74) is 2.38. The molecule has 0 amide bonds. The third-order valence-corrected chi connectivity index (χ3v) is 3.43. The van der Waals surface area contributed by atoms with E-state index in [0.29, 0.717) is 29.1 Å². The topological polar surface area (TPSA) is 35.0 Å². The maximum Gasteiger partial charge on any atom is 0.132 e. The van der Waals surface area contributed by atoms with Crippen molar-refractivity contribution in [3.8, 4) is 17.0 Å². The maximum atomic E-state index is 14.2. The van der Waals surface area contributed by atoms with Crippen molar-refractivity contribution in [3.05, 3.63) is 41.6 Å². The molecule has 1 heterocycles. The van der Waals surface area contributed by atoms with E-state index in [9.17, 15) is 4.39 Å². The minimum atomic E-state index is -0.344. The Morgan fingerprint density at radius 2 is 1.88 bits per heavy atom. The summed E-state index contributed by atoms with van der Waals surface area (Å²) in [5, 5.41) is 0. The van der Waals surface area contributed by atoms with E-state index in [2.05, 4.69) is 30.7 Å². The summed E-state index contributed by atoms with van der Waals surface area (Å²) in [7, 11) is 1.55. The van der Waals surface area contributed by atoms with E-state index >= 15 is 0 Å². The van der Waals surface area contributed by atoms with Gasteiger partial charge in [-0.2, -0.15) is 0 Å². The Labute approximate surface area is 149 Å². The molecule has 2 aromatic rings. The first-order valence-corrected chi connectivity index (χ1v) is 8.62. The number of rotatable bonds is 4. The van der Waals surface area contributed by atoms with E-state index in [4.69, 9.17) is 16.3 Å². The van der Waals surface area contributed by atoms with Crippen molar-refractivity contribution in [2.45, 2.75) is 46.9 Å². The second-order valence-corrected chi connectivity index (χ2v) is 6.64. The van der Waals surface area contributed by atoms with Crippen LogP contribution in [0.1, 0.15) is 46.0 Å². The molecule has 0 saturated carbocycles. The number of methoxy groups -OCH3 is 1. The molecule has 1 aromatic carbocycles. The molecule has 5 heteroatoms. The zero-order valence-electron chi connectivity index (χ0n) is 15.3. The Morgan fingerprint density at radius 3 is 2.42 bits per heavy atom. The van der Waals surface area contributed by atoms with Crippen LogP contribution in [-0.4, -0.2) is 17.1 Å². The molecule has 3 nitrogen and oxygen atoms in total. The van der Waals surface area contributed by atoms with Gasteiger partial charge in [-0.05, 0) is 30.0 Å². The second-order valence-electron chi connectivity index (χ2n) is 6.37. The second kappa shape index (κ2) is 8.97. The standard InChI is InChI=1S/C17H20ClFN2O.C2H6/c1-17(2,3)8-15-16(20-10-11(9-18)21-15)13-7-12(22-4)5-6-14(13)19;1-2/h5-7,10H,8-9H2,1-4H3;1-2H3. The van der Waals surface area contributed by atoms with Gasteiger partial charge in [0.2, 0.25) is 0 Å². The summed E-state index contributed by atoms with van der Waals surface area (Å²) in [6.45, 7) is 10.3. The van der Waals surface area contributed by atoms with Crippen LogP contribution in [0.5, 0.6) is 5.75 Å². The average Bonchev–Trinajstić information content (AvgIpc) is 2.56. The number of hydrogen-bond donors (Lipinski definition) is 0. The van der Waals surface area contributed by atoms with Gasteiger partial charge in [-0.3, -0.25) is 9.97 Å². The van der Waals surface area contributed by atoms with Gasteiger partial charge < -0.3 is 4.74 Å². The predicted octanol–water partition coefficient (Wildman–Crippen LogP) is 5.64. The van der Waals surface area contributed by atoms with Crippen molar-refractivity contribution in [1.29, 1.82) is 0 Å². The monoisotopic (exact) mass is 352 g/mol. The quantitative estimate of drug-likeness (QED) is 0.667. The van der Waals surface area contributed by atoms with Gasteiger partial charge in [-0.15, -0.1) is 11.6 Å². The van der Waals surface area contributed by atoms with Crippen molar-refractivity contribution >= 4 is 11.6 Å². The van der Waals surface area contributed by atoms with Crippen LogP contribution in [0.25, 0.3) is 11.3 Å². The molecule has 1 aromatic heterocycles. The highest BCUT2D eigenvalue weighted by atomic mass is 35.5. The van der Waals surface area contributed by atoms with Gasteiger partial charge in [0.1, 0.15) is 11.6 Å². The SMILES string of the molecule is CC.COc1ccc(F)c(-c2ncc(CCl)nc2CC(C)(C)C)c1. The van der Waals surface area contributed by atoms with E-state index in [1.54, 1.807) is 25.4 Å². The predicted molar refractivity (Wildman–Crippen MR) is 98.0 cm³/mol. The lowest BCUT2D eigenvalue weighted by molar-refractivity contribution is 0.405. The summed E-state index contributed by atoms with van der Waals surface area (Å²) in [6, 6.07) is 4.61. The van der Waals surface area contributed by atoms with Gasteiger partial charge in [-0.25, -0.2) is 4.39 Å². The van der Waals surface area contributed by atoms with E-state index in [-0.39, 0.29) is 17.1 Å². The third kappa shape index (κ3) is 5.45. The van der Waals surface area contributed by atoms with Gasteiger partial charge >= 0.3 is 0 Å². The molecular weight excluding hydrogens is 327 g/mol. The average molecular weight is 353 g/mol. The fraction of sp³-hybridized carbons (Fsp3) is 0.474. The fourth-order valence-electron chi connectivity index (χ4n) is 2.20. The number of ether oxygens (including phenoxy) is 1. The molecular formula is C19H26ClFN2O. The van der Waals surface area contributed by atoms with E-state index < -0.39 is 0 Å². The normalized spacial score (nSPS) is 10.8. The lowest BCUT2D eigenvalue weighted by Gasteiger charge is -2.20. The summed E-state index contributed by atoms with van der Waals surface area (Å²) in [4.78, 5) is 8.95. The zero-order chi connectivity index (χ0) is 18.3. The number of halogens is 2. The zero-order valence-corrected chi connectivity index (χ0v) is 16.0. The van der Waals surface area contributed by atoms with Crippen LogP contribution in [0.2, 0.25) is 0 Å². The molecule has 0 unspecified atom stereocenters. The van der Waals surface area contributed by atoms with Crippen molar-refractivity contribution in [3.63, 3.8) is 0 Å². The van der Waals surface area contributed by atoms with Gasteiger partial charge in [0.25, 0.3) is 0 Å². The van der Waals surface area contributed by atoms with Crippen LogP contribution in [0, 0.1) is 11.2 Å². The largest absolute Gasteiger partial charge is 0.497 e. The summed E-state index contributed by atoms with van der Waals surface area (Å²) >= 11 is 5.85. The number of benzene rings is 1. The molecule has 0 N–H and O–H groups in total. The van der Waals surface area contributed by atoms with Gasteiger partial charge in [0, 0.05) is 5.56 Å². The smallest absolute Gasteiger partial charge is 0.132 e. The van der Waals surface area contributed by atoms with Crippen molar-refractivity contribution in [2.75, 3.05) is 7.11 Å². The molecule has 0 saturated heterocycles. The minimum absolute atomic E-state index is 0.00368. The molecule has 0 bridgehead atoms. The fourth-order valence-corrected chi connectivity index (χ4v) is 2.33. The Kier molecular flexibility index (Phi) is 7.61. The molecule has 0 aliphatic rings. The van der Waals surface area contributed by atoms with Gasteiger partial charge in [0.15, 0.2) is 0 Å². The van der Waals surface area contributed by atoms with Crippen molar-refractivity contribution in [1.82, 2.24) is 9.97 Å². The molecule has 0 aliphatic carbocycles. The Hall–Kier alpha value is -1.68. The van der Waals surface area contributed by atoms with Crippen LogP contribution >= 0.6 is 11.6 Å². The first-order valence-electron chi connectivity index (χ1n) is 8.09. The molecule has 132 valence electrons. The maximum absolute atomic E-state index is 14.2. The van der Waals surface area contributed by atoms with E-state index in [1.165, 1.54) is 6.07 Å². The molecule has 24 heavy (non-hydrogen) atoms. The van der Waals surface area contributed by atoms with Crippen LogP contribution in [0.15, 0.2) is 24.4 Å². The first kappa shape index (κ1) is 20.4. The third-order valence-electron chi connectivity index (χ3n) is 3.16. The van der Waals surface area contributed by atoms with Crippen molar-refractivity contribution in [2.24, 2.45) is 5.41 Å². The Morgan fingerprint density at radius 1 is 1.21 bits per heavy atom. The highest BCUT2D eigenvalue weighted by Crippen LogP contribution is 2.31. The Balaban J connectivity index is 0.00000139. The summed E-state index contributed by atoms with van der Waals surface area (Å²) in [5.74, 6) is 0.524. The highest BCUT2D eigenvalue weighted by Gasteiger charge is 2.20. The summed E-state index contributed by atoms with van der Waals surface area (Å²) in [6.07, 6.45) is 2.27. The van der Waals surface area contributed by atoms with Gasteiger partial charge in [0.05, 0.1) is 36.3 Å². The van der Waals surface area contributed by atoms with E-state index in [1.807, 2.05) is 13.8 Å². The number of hydrogen-bond acceptors (Lipinski definition) is 3. The van der Waals surface area contributed by atoms with E-state index in [0.717, 1.165) is 5.69 Å². The van der Waals surface area contributed by atoms with Crippen LogP contribution in [-0.2, 0) is 12.3 Å². The van der Waals surface area contributed by atoms with Crippen LogP contribution in [0.4, 0.5) is 4.39 Å². The molecule has 2 rings (SSSR count). The number of nitrogens with zero attached hydrogens (tertiary/aromatic N) is 2. The molecule has 0 spiro atoms. The van der Waals surface area contributed by atoms with Crippen LogP contribution in [0.3, 0.4) is 0 Å². The minimum Gasteiger partial charge on any atom is -0.497 e. The molecule has 0 aliphatic heterocycles. The lowest BCUT2D eigenvalue weighted by atomic mass is 9.88. The lowest BCUT2D eigenvalue weighted by Crippen LogP contribution is -2.13. The van der Waals surface area contributed by atoms with Crippen LogP contribution < -0.4 is 4.74 Å². The molecule has 0 atom stereocenters. The Bertz CT molecular complexity index is 669. The van der Waals surface area contributed by atoms with Gasteiger partial charge in [-0.1, -0.05) is 34.6 Å². The number of alkyl halides is 1.